The number of fused-ring (bicyclic) bond motifs is 5. The number of aliphatic hydroxyl groups excluding tert-OH is 1. The Morgan fingerprint density at radius 3 is 2.85 bits per heavy atom. The Bertz CT molecular complexity index is 1380. The Kier molecular flexibility index (Phi) is 6.42. The molecule has 2 N–H and O–H groups in total. The summed E-state index contributed by atoms with van der Waals surface area (Å²) < 4.78 is 6.47. The minimum atomic E-state index is -1.51. The van der Waals surface area contributed by atoms with Gasteiger partial charge in [-0.3, -0.25) is 9.59 Å². The van der Waals surface area contributed by atoms with Crippen LogP contribution in [-0.4, -0.2) is 46.4 Å². The molecule has 3 aromatic rings. The Labute approximate surface area is 194 Å². The standard InChI is InChI=1S/C22H18N4O6.C2H6/c1-23-18(27)10-32-24-7-13-11-4-2-3-5-16(11)25-19-14(13)8-26-17(19)6-12-15(21(26)29)9-31-22(30)20(12)28;1-2/h2-7,20,28H,8-10H2,1H3,(H,23,27);1-2H3/b24-7+;. The molecule has 5 rings (SSSR count). The third-order valence-corrected chi connectivity index (χ3v) is 5.64. The van der Waals surface area contributed by atoms with Gasteiger partial charge in [0.2, 0.25) is 0 Å². The van der Waals surface area contributed by atoms with Gasteiger partial charge in [0.1, 0.15) is 6.61 Å². The van der Waals surface area contributed by atoms with Crippen LogP contribution in [0.3, 0.4) is 0 Å². The van der Waals surface area contributed by atoms with E-state index in [-0.39, 0.29) is 42.4 Å². The van der Waals surface area contributed by atoms with Gasteiger partial charge in [0, 0.05) is 29.1 Å². The second-order valence-electron chi connectivity index (χ2n) is 7.42. The summed E-state index contributed by atoms with van der Waals surface area (Å²) in [4.78, 5) is 46.1. The molecule has 0 bridgehead atoms. The minimum absolute atomic E-state index is 0.183. The van der Waals surface area contributed by atoms with Gasteiger partial charge in [0.05, 0.1) is 35.2 Å². The summed E-state index contributed by atoms with van der Waals surface area (Å²) in [6, 6.07) is 9.06. The summed E-state index contributed by atoms with van der Waals surface area (Å²) in [5.74, 6) is -1.10. The number of likely N-dealkylation sites (N-methyl/N-ethyl adjacent to an activating group) is 1. The quantitative estimate of drug-likeness (QED) is 0.267. The van der Waals surface area contributed by atoms with Gasteiger partial charge in [0.15, 0.2) is 12.7 Å². The summed E-state index contributed by atoms with van der Waals surface area (Å²) in [5.41, 5.74) is 3.34. The molecule has 1 amide bonds. The van der Waals surface area contributed by atoms with Crippen LogP contribution < -0.4 is 10.9 Å². The van der Waals surface area contributed by atoms with Gasteiger partial charge >= 0.3 is 5.97 Å². The predicted octanol–water partition coefficient (Wildman–Crippen LogP) is 1.64. The van der Waals surface area contributed by atoms with Gasteiger partial charge < -0.3 is 24.6 Å². The highest BCUT2D eigenvalue weighted by Crippen LogP contribution is 2.37. The average molecular weight is 464 g/mol. The number of hydrogen-bond donors (Lipinski definition) is 2. The van der Waals surface area contributed by atoms with E-state index in [0.29, 0.717) is 22.5 Å². The molecule has 10 nitrogen and oxygen atoms in total. The van der Waals surface area contributed by atoms with Crippen LogP contribution in [0, 0.1) is 0 Å². The van der Waals surface area contributed by atoms with Gasteiger partial charge in [-0.2, -0.15) is 0 Å². The lowest BCUT2D eigenvalue weighted by atomic mass is 9.99. The largest absolute Gasteiger partial charge is 0.458 e. The number of rotatable bonds is 4. The number of nitrogens with zero attached hydrogens (tertiary/aromatic N) is 3. The predicted molar refractivity (Wildman–Crippen MR) is 124 cm³/mol. The van der Waals surface area contributed by atoms with E-state index < -0.39 is 12.1 Å². The fourth-order valence-corrected chi connectivity index (χ4v) is 4.01. The summed E-state index contributed by atoms with van der Waals surface area (Å²) >= 11 is 0. The number of hydrogen-bond acceptors (Lipinski definition) is 8. The van der Waals surface area contributed by atoms with Crippen molar-refractivity contribution in [1.29, 1.82) is 0 Å². The van der Waals surface area contributed by atoms with E-state index in [1.54, 1.807) is 10.6 Å². The number of aromatic nitrogens is 2. The van der Waals surface area contributed by atoms with Crippen LogP contribution in [-0.2, 0) is 32.3 Å². The average Bonchev–Trinajstić information content (AvgIpc) is 3.23. The first-order valence-electron chi connectivity index (χ1n) is 10.9. The molecule has 0 saturated heterocycles. The Morgan fingerprint density at radius 1 is 1.32 bits per heavy atom. The highest BCUT2D eigenvalue weighted by atomic mass is 16.6. The number of oxime groups is 1. The third kappa shape index (κ3) is 3.81. The first-order chi connectivity index (χ1) is 16.5. The van der Waals surface area contributed by atoms with Crippen molar-refractivity contribution in [2.45, 2.75) is 33.1 Å². The summed E-state index contributed by atoms with van der Waals surface area (Å²) in [6.07, 6.45) is -0.00890. The maximum atomic E-state index is 13.1. The lowest BCUT2D eigenvalue weighted by molar-refractivity contribution is -0.157. The number of ether oxygens (including phenoxy) is 1. The van der Waals surface area contributed by atoms with Gasteiger partial charge in [-0.25, -0.2) is 9.78 Å². The molecular weight excluding hydrogens is 440 g/mol. The second-order valence-corrected chi connectivity index (χ2v) is 7.42. The normalized spacial score (nSPS) is 15.6. The third-order valence-electron chi connectivity index (χ3n) is 5.64. The van der Waals surface area contributed by atoms with Crippen LogP contribution >= 0.6 is 0 Å². The van der Waals surface area contributed by atoms with Crippen molar-refractivity contribution >= 4 is 29.0 Å². The van der Waals surface area contributed by atoms with E-state index in [1.165, 1.54) is 13.3 Å². The fourth-order valence-electron chi connectivity index (χ4n) is 4.01. The number of cyclic esters (lactones) is 1. The van der Waals surface area contributed by atoms with E-state index >= 15 is 0 Å². The molecule has 1 atom stereocenters. The number of carbonyl (C=O) groups is 2. The monoisotopic (exact) mass is 464 g/mol. The van der Waals surface area contributed by atoms with Crippen LogP contribution in [0.2, 0.25) is 0 Å². The molecular formula is C24H24N4O6. The maximum Gasteiger partial charge on any atom is 0.340 e. The molecule has 4 heterocycles. The number of para-hydroxylation sites is 1. The zero-order chi connectivity index (χ0) is 24.4. The SMILES string of the molecule is CC.CNC(=O)CO/N=C/c1c2c(nc3ccccc13)-c1cc3c(c(=O)n1C2)COC(=O)C3O. The number of aliphatic hydroxyl groups is 1. The molecule has 0 aliphatic carbocycles. The van der Waals surface area contributed by atoms with E-state index in [1.807, 2.05) is 38.1 Å². The summed E-state index contributed by atoms with van der Waals surface area (Å²) in [7, 11) is 1.50. The number of pyridine rings is 2. The van der Waals surface area contributed by atoms with E-state index in [0.717, 1.165) is 10.9 Å². The van der Waals surface area contributed by atoms with Crippen LogP contribution in [0.25, 0.3) is 22.3 Å². The minimum Gasteiger partial charge on any atom is -0.458 e. The molecule has 0 fully saturated rings. The first kappa shape index (κ1) is 23.1. The Morgan fingerprint density at radius 2 is 2.09 bits per heavy atom. The molecule has 0 radical (unpaired) electrons. The number of carbonyl (C=O) groups excluding carboxylic acids is 2. The highest BCUT2D eigenvalue weighted by Gasteiger charge is 2.34. The van der Waals surface area contributed by atoms with E-state index in [9.17, 15) is 19.5 Å². The molecule has 1 aromatic carbocycles. The molecule has 176 valence electrons. The lowest BCUT2D eigenvalue weighted by Gasteiger charge is -2.21. The maximum absolute atomic E-state index is 13.1. The first-order valence-corrected chi connectivity index (χ1v) is 10.9. The van der Waals surface area contributed by atoms with Crippen molar-refractivity contribution in [3.8, 4) is 11.4 Å². The van der Waals surface area contributed by atoms with Crippen molar-refractivity contribution in [2.24, 2.45) is 5.16 Å². The Hall–Kier alpha value is -4.05. The van der Waals surface area contributed by atoms with Crippen molar-refractivity contribution in [3.05, 3.63) is 62.9 Å². The van der Waals surface area contributed by atoms with Crippen LogP contribution in [0.15, 0.2) is 40.3 Å². The number of nitrogens with one attached hydrogen (secondary N) is 1. The molecule has 2 aliphatic heterocycles. The molecule has 2 aliphatic rings. The van der Waals surface area contributed by atoms with Gasteiger partial charge in [-0.05, 0) is 12.1 Å². The Balaban J connectivity index is 0.00000133. The summed E-state index contributed by atoms with van der Waals surface area (Å²) in [6.45, 7) is 3.82. The smallest absolute Gasteiger partial charge is 0.340 e. The molecule has 0 saturated carbocycles. The summed E-state index contributed by atoms with van der Waals surface area (Å²) in [5, 5.41) is 17.4. The highest BCUT2D eigenvalue weighted by molar-refractivity contribution is 6.02. The lowest BCUT2D eigenvalue weighted by Crippen LogP contribution is -2.32. The second kappa shape index (κ2) is 9.44. The van der Waals surface area contributed by atoms with Crippen LogP contribution in [0.5, 0.6) is 0 Å². The topological polar surface area (TPSA) is 132 Å². The number of amides is 1. The molecule has 0 spiro atoms. The van der Waals surface area contributed by atoms with E-state index in [2.05, 4.69) is 10.5 Å². The molecule has 2 aromatic heterocycles. The van der Waals surface area contributed by atoms with Crippen molar-refractivity contribution in [3.63, 3.8) is 0 Å². The molecule has 10 heteroatoms. The van der Waals surface area contributed by atoms with Crippen LogP contribution in [0.4, 0.5) is 0 Å². The number of benzene rings is 1. The van der Waals surface area contributed by atoms with Gasteiger partial charge in [-0.1, -0.05) is 37.2 Å². The zero-order valence-corrected chi connectivity index (χ0v) is 19.0. The number of esters is 1. The van der Waals surface area contributed by atoms with Crippen molar-refractivity contribution in [1.82, 2.24) is 14.9 Å². The van der Waals surface area contributed by atoms with Crippen molar-refractivity contribution in [2.75, 3.05) is 13.7 Å². The fraction of sp³-hybridized carbons (Fsp3) is 0.292. The van der Waals surface area contributed by atoms with E-state index in [4.69, 9.17) is 14.6 Å². The van der Waals surface area contributed by atoms with Crippen LogP contribution in [0.1, 0.15) is 42.2 Å². The van der Waals surface area contributed by atoms with Gasteiger partial charge in [0.25, 0.3) is 11.5 Å². The molecule has 1 unspecified atom stereocenters. The molecule has 34 heavy (non-hydrogen) atoms. The van der Waals surface area contributed by atoms with Gasteiger partial charge in [-0.15, -0.1) is 0 Å². The zero-order valence-electron chi connectivity index (χ0n) is 19.0. The van der Waals surface area contributed by atoms with Crippen molar-refractivity contribution < 1.29 is 24.3 Å².